The van der Waals surface area contributed by atoms with Gasteiger partial charge in [0.05, 0.1) is 13.9 Å². The van der Waals surface area contributed by atoms with E-state index >= 15 is 0 Å². The highest BCUT2D eigenvalue weighted by atomic mass is 16.5. The first-order valence-corrected chi connectivity index (χ1v) is 6.19. The van der Waals surface area contributed by atoms with Crippen molar-refractivity contribution in [3.63, 3.8) is 0 Å². The van der Waals surface area contributed by atoms with E-state index in [9.17, 15) is 0 Å². The predicted molar refractivity (Wildman–Crippen MR) is 67.0 cm³/mol. The molecule has 3 atom stereocenters. The molecule has 2 aliphatic rings. The number of aliphatic imine (C=N–C) groups is 1. The number of ether oxygens (including phenoxy) is 1. The summed E-state index contributed by atoms with van der Waals surface area (Å²) in [6, 6.07) is 1.23. The van der Waals surface area contributed by atoms with E-state index in [4.69, 9.17) is 12.6 Å². The first-order chi connectivity index (χ1) is 7.53. The number of fused-ring (bicyclic) bond motifs is 1. The van der Waals surface area contributed by atoms with Crippen LogP contribution in [0.3, 0.4) is 0 Å². The van der Waals surface area contributed by atoms with Crippen LogP contribution in [-0.4, -0.2) is 45.0 Å². The zero-order valence-electron chi connectivity index (χ0n) is 10.6. The Hall–Kier alpha value is -0.665. The van der Waals surface area contributed by atoms with Crippen molar-refractivity contribution in [1.29, 1.82) is 0 Å². The Kier molecular flexibility index (Phi) is 3.18. The van der Waals surface area contributed by atoms with Crippen LogP contribution in [0.25, 0.3) is 0 Å². The molecule has 4 heteroatoms. The Morgan fingerprint density at radius 3 is 2.94 bits per heavy atom. The van der Waals surface area contributed by atoms with Gasteiger partial charge in [0.25, 0.3) is 6.02 Å². The number of likely N-dealkylation sites (N-methyl/N-ethyl adjacent to an activating group) is 1. The van der Waals surface area contributed by atoms with Crippen molar-refractivity contribution in [3.8, 4) is 0 Å². The molecule has 0 spiro atoms. The second kappa shape index (κ2) is 4.30. The predicted octanol–water partition coefficient (Wildman–Crippen LogP) is 1.98. The van der Waals surface area contributed by atoms with Gasteiger partial charge >= 0.3 is 0 Å². The Morgan fingerprint density at radius 1 is 1.50 bits per heavy atom. The van der Waals surface area contributed by atoms with Crippen molar-refractivity contribution in [2.75, 3.05) is 14.1 Å². The monoisotopic (exact) mass is 220 g/mol. The summed E-state index contributed by atoms with van der Waals surface area (Å²) in [6.07, 6.45) is 5.90. The number of rotatable bonds is 0. The van der Waals surface area contributed by atoms with Gasteiger partial charge in [-0.25, -0.2) is 4.99 Å². The van der Waals surface area contributed by atoms with Gasteiger partial charge in [-0.3, -0.25) is 0 Å². The van der Waals surface area contributed by atoms with Gasteiger partial charge in [-0.15, -0.1) is 0 Å². The van der Waals surface area contributed by atoms with Crippen LogP contribution in [-0.2, 0) is 4.74 Å². The quantitative estimate of drug-likeness (QED) is 0.583. The van der Waals surface area contributed by atoms with Crippen molar-refractivity contribution in [2.24, 2.45) is 4.99 Å². The van der Waals surface area contributed by atoms with E-state index < -0.39 is 0 Å². The normalized spacial score (nSPS) is 42.4. The highest BCUT2D eigenvalue weighted by Gasteiger charge is 2.41. The van der Waals surface area contributed by atoms with E-state index in [1.807, 2.05) is 0 Å². The average molecular weight is 220 g/mol. The maximum Gasteiger partial charge on any atom is 0.287 e. The summed E-state index contributed by atoms with van der Waals surface area (Å²) in [7, 11) is 10.2. The third-order valence-electron chi connectivity index (χ3n) is 3.84. The first-order valence-electron chi connectivity index (χ1n) is 6.19. The fourth-order valence-corrected chi connectivity index (χ4v) is 2.90. The van der Waals surface area contributed by atoms with Gasteiger partial charge in [0, 0.05) is 14.1 Å². The van der Waals surface area contributed by atoms with Gasteiger partial charge in [0.15, 0.2) is 0 Å². The van der Waals surface area contributed by atoms with Crippen LogP contribution in [0.1, 0.15) is 39.0 Å². The SMILES string of the molecule is [B]C1(C)CCCCC2C(C1)OC(=NC)N2C. The standard InChI is InChI=1S/C12H21BN2O/c1-12(13)7-5-4-6-9-10(8-12)16-11(14-2)15(9)3/h9-10H,4-8H2,1-3H3. The highest BCUT2D eigenvalue weighted by molar-refractivity contribution is 6.14. The topological polar surface area (TPSA) is 24.8 Å². The van der Waals surface area contributed by atoms with Crippen molar-refractivity contribution >= 4 is 13.9 Å². The van der Waals surface area contributed by atoms with Crippen LogP contribution >= 0.6 is 0 Å². The molecule has 3 unspecified atom stereocenters. The maximum atomic E-state index is 6.30. The summed E-state index contributed by atoms with van der Waals surface area (Å²) in [4.78, 5) is 6.35. The molecule has 2 radical (unpaired) electrons. The third-order valence-corrected chi connectivity index (χ3v) is 3.84. The van der Waals surface area contributed by atoms with E-state index in [-0.39, 0.29) is 11.4 Å². The molecule has 2 fully saturated rings. The van der Waals surface area contributed by atoms with Gasteiger partial charge in [-0.05, 0) is 12.8 Å². The molecule has 1 saturated carbocycles. The Morgan fingerprint density at radius 2 is 2.25 bits per heavy atom. The summed E-state index contributed by atoms with van der Waals surface area (Å²) in [5.74, 6) is 0. The third kappa shape index (κ3) is 2.20. The molecule has 2 rings (SSSR count). The lowest BCUT2D eigenvalue weighted by Crippen LogP contribution is -2.36. The lowest BCUT2D eigenvalue weighted by molar-refractivity contribution is 0.144. The van der Waals surface area contributed by atoms with Gasteiger partial charge in [0.2, 0.25) is 0 Å². The summed E-state index contributed by atoms with van der Waals surface area (Å²) < 4.78 is 5.89. The molecule has 0 bridgehead atoms. The molecule has 16 heavy (non-hydrogen) atoms. The molecule has 1 heterocycles. The first kappa shape index (κ1) is 11.8. The lowest BCUT2D eigenvalue weighted by atomic mass is 9.62. The number of hydrogen-bond donors (Lipinski definition) is 0. The smallest absolute Gasteiger partial charge is 0.287 e. The van der Waals surface area contributed by atoms with Crippen LogP contribution in [0.5, 0.6) is 0 Å². The summed E-state index contributed by atoms with van der Waals surface area (Å²) in [6.45, 7) is 2.14. The number of nitrogens with zero attached hydrogens (tertiary/aromatic N) is 2. The minimum Gasteiger partial charge on any atom is -0.460 e. The lowest BCUT2D eigenvalue weighted by Gasteiger charge is -2.33. The summed E-state index contributed by atoms with van der Waals surface area (Å²) in [5.41, 5.74) is 0. The molecule has 3 nitrogen and oxygen atoms in total. The maximum absolute atomic E-state index is 6.30. The zero-order chi connectivity index (χ0) is 11.8. The van der Waals surface area contributed by atoms with Gasteiger partial charge in [0.1, 0.15) is 6.10 Å². The zero-order valence-corrected chi connectivity index (χ0v) is 10.6. The number of hydrogen-bond acceptors (Lipinski definition) is 2. The highest BCUT2D eigenvalue weighted by Crippen LogP contribution is 2.41. The molecular formula is C12H21BN2O. The van der Waals surface area contributed by atoms with Gasteiger partial charge in [-0.1, -0.05) is 31.5 Å². The van der Waals surface area contributed by atoms with Crippen LogP contribution < -0.4 is 0 Å². The fourth-order valence-electron chi connectivity index (χ4n) is 2.90. The van der Waals surface area contributed by atoms with E-state index in [1.165, 1.54) is 19.3 Å². The van der Waals surface area contributed by atoms with E-state index in [0.717, 1.165) is 18.9 Å². The van der Waals surface area contributed by atoms with E-state index in [0.29, 0.717) is 6.04 Å². The van der Waals surface area contributed by atoms with Crippen LogP contribution in [0, 0.1) is 0 Å². The largest absolute Gasteiger partial charge is 0.460 e. The molecule has 1 saturated heterocycles. The van der Waals surface area contributed by atoms with Crippen LogP contribution in [0.15, 0.2) is 4.99 Å². The molecule has 0 aromatic rings. The van der Waals surface area contributed by atoms with E-state index in [1.54, 1.807) is 7.05 Å². The molecular weight excluding hydrogens is 199 g/mol. The molecule has 1 aliphatic carbocycles. The van der Waals surface area contributed by atoms with Crippen LogP contribution in [0.4, 0.5) is 0 Å². The van der Waals surface area contributed by atoms with Crippen LogP contribution in [0.2, 0.25) is 5.31 Å². The van der Waals surface area contributed by atoms with Crippen molar-refractivity contribution in [2.45, 2.75) is 56.5 Å². The molecule has 0 aromatic heterocycles. The van der Waals surface area contributed by atoms with E-state index in [2.05, 4.69) is 23.9 Å². The second-order valence-electron chi connectivity index (χ2n) is 5.44. The second-order valence-corrected chi connectivity index (χ2v) is 5.44. The van der Waals surface area contributed by atoms with Gasteiger partial charge in [-0.2, -0.15) is 0 Å². The van der Waals surface area contributed by atoms with Crippen molar-refractivity contribution in [3.05, 3.63) is 0 Å². The molecule has 0 N–H and O–H groups in total. The average Bonchev–Trinajstić information content (AvgIpc) is 2.47. The van der Waals surface area contributed by atoms with Crippen molar-refractivity contribution < 1.29 is 4.74 Å². The summed E-state index contributed by atoms with van der Waals surface area (Å²) in [5, 5.41) is -0.0899. The van der Waals surface area contributed by atoms with Crippen molar-refractivity contribution in [1.82, 2.24) is 4.90 Å². The number of amidine groups is 1. The Labute approximate surface area is 99.7 Å². The molecule has 88 valence electrons. The Bertz CT molecular complexity index is 291. The van der Waals surface area contributed by atoms with Gasteiger partial charge < -0.3 is 9.64 Å². The summed E-state index contributed by atoms with van der Waals surface area (Å²) >= 11 is 0. The molecule has 0 amide bonds. The minimum absolute atomic E-state index is 0.0899. The fraction of sp³-hybridized carbons (Fsp3) is 0.917. The molecule has 1 aliphatic heterocycles. The Balaban J connectivity index is 2.15. The minimum atomic E-state index is -0.0899. The molecule has 0 aromatic carbocycles.